The summed E-state index contributed by atoms with van der Waals surface area (Å²) in [6.07, 6.45) is 2.98. The van der Waals surface area contributed by atoms with Crippen LogP contribution in [0.1, 0.15) is 29.3 Å². The van der Waals surface area contributed by atoms with Crippen LogP contribution in [0, 0.1) is 19.8 Å². The Bertz CT molecular complexity index is 351. The Balaban J connectivity index is 2.17. The van der Waals surface area contributed by atoms with E-state index < -0.39 is 0 Å². The second kappa shape index (κ2) is 4.29. The number of nitrogens with zero attached hydrogens (tertiary/aromatic N) is 1. The first-order chi connectivity index (χ1) is 7.20. The summed E-state index contributed by atoms with van der Waals surface area (Å²) in [5.41, 5.74) is 3.63. The van der Waals surface area contributed by atoms with Crippen molar-refractivity contribution in [1.82, 2.24) is 10.3 Å². The van der Waals surface area contributed by atoms with Crippen molar-refractivity contribution in [2.24, 2.45) is 5.92 Å². The van der Waals surface area contributed by atoms with Crippen molar-refractivity contribution in [3.63, 3.8) is 0 Å². The average Bonchev–Trinajstić information content (AvgIpc) is 2.66. The molecule has 1 aromatic rings. The standard InChI is InChI=1S/C12H18N2O/c1-8-3-9(2)13-6-11(8)12-4-10(7-15)5-14-12/h3,6,10,12,14-15H,4-5,7H2,1-2H3. The number of pyridine rings is 1. The molecule has 2 unspecified atom stereocenters. The first-order valence-electron chi connectivity index (χ1n) is 5.48. The molecule has 2 rings (SSSR count). The zero-order chi connectivity index (χ0) is 10.8. The van der Waals surface area contributed by atoms with Crippen LogP contribution in [-0.4, -0.2) is 23.2 Å². The van der Waals surface area contributed by atoms with Crippen LogP contribution in [0.4, 0.5) is 0 Å². The molecule has 2 N–H and O–H groups in total. The quantitative estimate of drug-likeness (QED) is 0.767. The molecule has 3 nitrogen and oxygen atoms in total. The van der Waals surface area contributed by atoms with E-state index in [1.165, 1.54) is 11.1 Å². The highest BCUT2D eigenvalue weighted by atomic mass is 16.3. The molecule has 1 saturated heterocycles. The number of aryl methyl sites for hydroxylation is 2. The van der Waals surface area contributed by atoms with Gasteiger partial charge in [0.1, 0.15) is 0 Å². The molecule has 1 fully saturated rings. The minimum absolute atomic E-state index is 0.280. The van der Waals surface area contributed by atoms with Crippen LogP contribution in [0.15, 0.2) is 12.3 Å². The van der Waals surface area contributed by atoms with E-state index >= 15 is 0 Å². The Labute approximate surface area is 90.5 Å². The van der Waals surface area contributed by atoms with E-state index in [1.807, 2.05) is 13.1 Å². The van der Waals surface area contributed by atoms with Gasteiger partial charge in [-0.3, -0.25) is 4.98 Å². The second-order valence-electron chi connectivity index (χ2n) is 4.43. The van der Waals surface area contributed by atoms with E-state index in [9.17, 15) is 0 Å². The summed E-state index contributed by atoms with van der Waals surface area (Å²) in [6.45, 7) is 5.32. The average molecular weight is 206 g/mol. The first kappa shape index (κ1) is 10.6. The molecular weight excluding hydrogens is 188 g/mol. The summed E-state index contributed by atoms with van der Waals surface area (Å²) >= 11 is 0. The summed E-state index contributed by atoms with van der Waals surface area (Å²) in [5.74, 6) is 0.399. The summed E-state index contributed by atoms with van der Waals surface area (Å²) < 4.78 is 0. The molecule has 0 amide bonds. The molecular formula is C12H18N2O. The highest BCUT2D eigenvalue weighted by molar-refractivity contribution is 5.28. The molecule has 0 saturated carbocycles. The molecule has 0 bridgehead atoms. The van der Waals surface area contributed by atoms with Crippen LogP contribution < -0.4 is 5.32 Å². The fourth-order valence-electron chi connectivity index (χ4n) is 2.26. The summed E-state index contributed by atoms with van der Waals surface area (Å²) in [4.78, 5) is 4.33. The zero-order valence-electron chi connectivity index (χ0n) is 9.33. The maximum Gasteiger partial charge on any atom is 0.0472 e. The van der Waals surface area contributed by atoms with E-state index in [-0.39, 0.29) is 6.61 Å². The van der Waals surface area contributed by atoms with Gasteiger partial charge in [-0.1, -0.05) is 0 Å². The fourth-order valence-corrected chi connectivity index (χ4v) is 2.26. The predicted octanol–water partition coefficient (Wildman–Crippen LogP) is 1.34. The molecule has 82 valence electrons. The Morgan fingerprint density at radius 2 is 2.33 bits per heavy atom. The van der Waals surface area contributed by atoms with Crippen LogP contribution in [-0.2, 0) is 0 Å². The fraction of sp³-hybridized carbons (Fsp3) is 0.583. The lowest BCUT2D eigenvalue weighted by atomic mass is 9.98. The molecule has 2 atom stereocenters. The van der Waals surface area contributed by atoms with E-state index in [4.69, 9.17) is 5.11 Å². The minimum Gasteiger partial charge on any atom is -0.396 e. The zero-order valence-corrected chi connectivity index (χ0v) is 9.33. The molecule has 0 aliphatic carbocycles. The van der Waals surface area contributed by atoms with Gasteiger partial charge in [-0.2, -0.15) is 0 Å². The molecule has 1 aliphatic heterocycles. The van der Waals surface area contributed by atoms with E-state index in [0.29, 0.717) is 12.0 Å². The van der Waals surface area contributed by atoms with Crippen LogP contribution >= 0.6 is 0 Å². The number of nitrogens with one attached hydrogen (secondary N) is 1. The van der Waals surface area contributed by atoms with Crippen LogP contribution in [0.25, 0.3) is 0 Å². The molecule has 0 aromatic carbocycles. The highest BCUT2D eigenvalue weighted by Crippen LogP contribution is 2.28. The predicted molar refractivity (Wildman–Crippen MR) is 59.6 cm³/mol. The van der Waals surface area contributed by atoms with Gasteiger partial charge in [0, 0.05) is 31.1 Å². The van der Waals surface area contributed by atoms with Crippen LogP contribution in [0.2, 0.25) is 0 Å². The maximum atomic E-state index is 9.09. The monoisotopic (exact) mass is 206 g/mol. The second-order valence-corrected chi connectivity index (χ2v) is 4.43. The molecule has 0 radical (unpaired) electrons. The van der Waals surface area contributed by atoms with Gasteiger partial charge >= 0.3 is 0 Å². The highest BCUT2D eigenvalue weighted by Gasteiger charge is 2.25. The third kappa shape index (κ3) is 2.19. The van der Waals surface area contributed by atoms with E-state index in [2.05, 4.69) is 23.3 Å². The lowest BCUT2D eigenvalue weighted by Crippen LogP contribution is -2.15. The first-order valence-corrected chi connectivity index (χ1v) is 5.48. The van der Waals surface area contributed by atoms with Crippen molar-refractivity contribution in [2.45, 2.75) is 26.3 Å². The van der Waals surface area contributed by atoms with Crippen molar-refractivity contribution in [3.8, 4) is 0 Å². The van der Waals surface area contributed by atoms with Gasteiger partial charge in [0.15, 0.2) is 0 Å². The number of hydrogen-bond donors (Lipinski definition) is 2. The van der Waals surface area contributed by atoms with Gasteiger partial charge < -0.3 is 10.4 Å². The summed E-state index contributed by atoms with van der Waals surface area (Å²) in [7, 11) is 0. The SMILES string of the molecule is Cc1cc(C)c(C2CC(CO)CN2)cn1. The smallest absolute Gasteiger partial charge is 0.0472 e. The molecule has 15 heavy (non-hydrogen) atoms. The molecule has 1 aliphatic rings. The van der Waals surface area contributed by atoms with Gasteiger partial charge in [0.05, 0.1) is 0 Å². The minimum atomic E-state index is 0.280. The summed E-state index contributed by atoms with van der Waals surface area (Å²) in [6, 6.07) is 2.48. The van der Waals surface area contributed by atoms with Gasteiger partial charge in [0.25, 0.3) is 0 Å². The van der Waals surface area contributed by atoms with Crippen molar-refractivity contribution >= 4 is 0 Å². The number of aromatic nitrogens is 1. The molecule has 0 spiro atoms. The van der Waals surface area contributed by atoms with Gasteiger partial charge in [-0.25, -0.2) is 0 Å². The van der Waals surface area contributed by atoms with Crippen LogP contribution in [0.3, 0.4) is 0 Å². The van der Waals surface area contributed by atoms with Gasteiger partial charge in [-0.05, 0) is 43.4 Å². The van der Waals surface area contributed by atoms with Gasteiger partial charge in [-0.15, -0.1) is 0 Å². The van der Waals surface area contributed by atoms with Crippen LogP contribution in [0.5, 0.6) is 0 Å². The van der Waals surface area contributed by atoms with Crippen molar-refractivity contribution in [2.75, 3.05) is 13.2 Å². The topological polar surface area (TPSA) is 45.1 Å². The molecule has 1 aromatic heterocycles. The third-order valence-electron chi connectivity index (χ3n) is 3.14. The van der Waals surface area contributed by atoms with Crippen molar-refractivity contribution in [3.05, 3.63) is 29.1 Å². The number of hydrogen-bond acceptors (Lipinski definition) is 3. The molecule has 3 heteroatoms. The summed E-state index contributed by atoms with van der Waals surface area (Å²) in [5, 5.41) is 12.5. The lowest BCUT2D eigenvalue weighted by Gasteiger charge is -2.13. The van der Waals surface area contributed by atoms with Crippen molar-refractivity contribution in [1.29, 1.82) is 0 Å². The Hall–Kier alpha value is -0.930. The lowest BCUT2D eigenvalue weighted by molar-refractivity contribution is 0.236. The number of aliphatic hydroxyl groups excluding tert-OH is 1. The third-order valence-corrected chi connectivity index (χ3v) is 3.14. The van der Waals surface area contributed by atoms with Crippen molar-refractivity contribution < 1.29 is 5.11 Å². The Kier molecular flexibility index (Phi) is 3.03. The number of rotatable bonds is 2. The molecule has 2 heterocycles. The maximum absolute atomic E-state index is 9.09. The normalized spacial score (nSPS) is 25.8. The largest absolute Gasteiger partial charge is 0.396 e. The number of aliphatic hydroxyl groups is 1. The van der Waals surface area contributed by atoms with E-state index in [1.54, 1.807) is 0 Å². The van der Waals surface area contributed by atoms with E-state index in [0.717, 1.165) is 18.7 Å². The van der Waals surface area contributed by atoms with Gasteiger partial charge in [0.2, 0.25) is 0 Å². The Morgan fingerprint density at radius 3 is 2.93 bits per heavy atom. The Morgan fingerprint density at radius 1 is 1.53 bits per heavy atom.